The summed E-state index contributed by atoms with van der Waals surface area (Å²) in [6, 6.07) is 18.0. The molecule has 0 amide bonds. The summed E-state index contributed by atoms with van der Waals surface area (Å²) in [5.74, 6) is 0.921. The van der Waals surface area contributed by atoms with Gasteiger partial charge in [0.15, 0.2) is 17.0 Å². The molecule has 0 fully saturated rings. The van der Waals surface area contributed by atoms with Gasteiger partial charge in [-0.25, -0.2) is 14.8 Å². The van der Waals surface area contributed by atoms with Crippen molar-refractivity contribution in [1.29, 1.82) is 0 Å². The molecule has 0 spiro atoms. The van der Waals surface area contributed by atoms with Crippen molar-refractivity contribution in [2.45, 2.75) is 13.5 Å². The fraction of sp³-hybridized carbons (Fsp3) is 0.111. The van der Waals surface area contributed by atoms with E-state index in [4.69, 9.17) is 23.5 Å². The van der Waals surface area contributed by atoms with Gasteiger partial charge in [-0.15, -0.1) is 0 Å². The molecule has 5 aromatic rings. The third-order valence-corrected chi connectivity index (χ3v) is 5.94. The maximum absolute atomic E-state index is 12.9. The van der Waals surface area contributed by atoms with Crippen molar-refractivity contribution in [2.75, 3.05) is 7.11 Å². The van der Waals surface area contributed by atoms with Crippen LogP contribution in [0.2, 0.25) is 0 Å². The highest BCUT2D eigenvalue weighted by Gasteiger charge is 2.18. The third kappa shape index (κ3) is 4.22. The molecule has 1 atom stereocenters. The summed E-state index contributed by atoms with van der Waals surface area (Å²) in [6.45, 7) is 1.94. The second kappa shape index (κ2) is 9.31. The molecule has 0 aliphatic heterocycles. The largest absolute Gasteiger partial charge is 0.595 e. The zero-order valence-electron chi connectivity index (χ0n) is 19.4. The van der Waals surface area contributed by atoms with Gasteiger partial charge < -0.3 is 23.5 Å². The van der Waals surface area contributed by atoms with Crippen LogP contribution in [0.25, 0.3) is 33.1 Å². The van der Waals surface area contributed by atoms with E-state index in [0.717, 1.165) is 5.56 Å². The molecule has 36 heavy (non-hydrogen) atoms. The van der Waals surface area contributed by atoms with E-state index >= 15 is 0 Å². The number of ether oxygens (including phenoxy) is 2. The first kappa shape index (κ1) is 23.3. The highest BCUT2D eigenvalue weighted by atomic mass is 16.8. The molecular weight excluding hydrogens is 466 g/mol. The van der Waals surface area contributed by atoms with E-state index in [1.165, 1.54) is 25.3 Å². The summed E-state index contributed by atoms with van der Waals surface area (Å²) >= 11 is 0. The number of aryl methyl sites for hydroxylation is 1. The summed E-state index contributed by atoms with van der Waals surface area (Å²) in [6.07, 6.45) is 0. The molecule has 0 aliphatic carbocycles. The quantitative estimate of drug-likeness (QED) is 0.273. The lowest BCUT2D eigenvalue weighted by Gasteiger charge is -2.14. The number of nitrogens with one attached hydrogen (secondary N) is 1. The maximum atomic E-state index is 12.9. The zero-order chi connectivity index (χ0) is 25.4. The Kier molecular flexibility index (Phi) is 6.03. The summed E-state index contributed by atoms with van der Waals surface area (Å²) < 4.78 is 22.2. The normalized spacial score (nSPS) is 12.1. The van der Waals surface area contributed by atoms with Crippen molar-refractivity contribution >= 4 is 27.6 Å². The Balaban J connectivity index is 1.55. The first-order chi connectivity index (χ1) is 17.4. The van der Waals surface area contributed by atoms with E-state index in [9.17, 15) is 14.8 Å². The van der Waals surface area contributed by atoms with Crippen LogP contribution in [-0.2, 0) is 6.61 Å². The van der Waals surface area contributed by atoms with Crippen LogP contribution >= 0.6 is 0 Å². The Morgan fingerprint density at radius 2 is 1.69 bits per heavy atom. The molecule has 0 bridgehead atoms. The number of quaternary nitrogens is 1. The Labute approximate surface area is 203 Å². The standard InChI is InChI=1S/C27H21NO8/c1-15-22(34-14-16-6-8-18(9-7-16)28(31)32)11-10-19-20(13-24(29)35-25(15)19)21-12-17-4-3-5-23(33-2)26(17)36-27(21)30/h3-13,28,31H,14H2,1-2H3. The van der Waals surface area contributed by atoms with Gasteiger partial charge in [-0.3, -0.25) is 0 Å². The Bertz CT molecular complexity index is 1700. The Hall–Kier alpha value is -4.44. The number of fused-ring (bicyclic) bond motifs is 2. The van der Waals surface area contributed by atoms with Crippen LogP contribution in [0.4, 0.5) is 5.69 Å². The van der Waals surface area contributed by atoms with E-state index < -0.39 is 16.5 Å². The lowest BCUT2D eigenvalue weighted by atomic mass is 10.0. The zero-order valence-corrected chi connectivity index (χ0v) is 19.4. The van der Waals surface area contributed by atoms with E-state index in [0.29, 0.717) is 44.6 Å². The van der Waals surface area contributed by atoms with Crippen LogP contribution < -0.4 is 26.0 Å². The molecule has 0 aliphatic rings. The van der Waals surface area contributed by atoms with Gasteiger partial charge in [-0.1, -0.05) is 12.1 Å². The Morgan fingerprint density at radius 1 is 0.917 bits per heavy atom. The fourth-order valence-corrected chi connectivity index (χ4v) is 4.09. The van der Waals surface area contributed by atoms with E-state index in [1.54, 1.807) is 55.5 Å². The monoisotopic (exact) mass is 487 g/mol. The third-order valence-electron chi connectivity index (χ3n) is 5.94. The maximum Gasteiger partial charge on any atom is 0.344 e. The van der Waals surface area contributed by atoms with Crippen LogP contribution in [0.1, 0.15) is 11.1 Å². The predicted octanol–water partition coefficient (Wildman–Crippen LogP) is 3.87. The molecule has 9 nitrogen and oxygen atoms in total. The number of benzene rings is 3. The molecular formula is C27H21NO8. The van der Waals surface area contributed by atoms with Crippen LogP contribution in [0, 0.1) is 12.1 Å². The number of hydrogen-bond acceptors (Lipinski definition) is 8. The molecule has 0 saturated heterocycles. The van der Waals surface area contributed by atoms with Crippen molar-refractivity contribution in [1.82, 2.24) is 0 Å². The molecule has 3 aromatic carbocycles. The van der Waals surface area contributed by atoms with Gasteiger partial charge in [0.25, 0.3) is 0 Å². The lowest BCUT2D eigenvalue weighted by molar-refractivity contribution is -0.991. The smallest absolute Gasteiger partial charge is 0.344 e. The van der Waals surface area contributed by atoms with E-state index in [1.807, 2.05) is 0 Å². The highest BCUT2D eigenvalue weighted by molar-refractivity contribution is 5.97. The minimum atomic E-state index is -1.00. The average Bonchev–Trinajstić information content (AvgIpc) is 2.87. The molecule has 0 saturated carbocycles. The number of hydrogen-bond donors (Lipinski definition) is 2. The summed E-state index contributed by atoms with van der Waals surface area (Å²) in [5.41, 5.74) is 1.55. The van der Waals surface area contributed by atoms with Gasteiger partial charge in [-0.2, -0.15) is 5.23 Å². The predicted molar refractivity (Wildman–Crippen MR) is 132 cm³/mol. The fourth-order valence-electron chi connectivity index (χ4n) is 4.09. The summed E-state index contributed by atoms with van der Waals surface area (Å²) in [5, 5.41) is 20.3. The van der Waals surface area contributed by atoms with Crippen molar-refractivity contribution in [3.8, 4) is 22.6 Å². The van der Waals surface area contributed by atoms with Crippen LogP contribution in [0.3, 0.4) is 0 Å². The number of rotatable bonds is 6. The van der Waals surface area contributed by atoms with Gasteiger partial charge in [0.1, 0.15) is 17.9 Å². The number of methoxy groups -OCH3 is 1. The van der Waals surface area contributed by atoms with Crippen molar-refractivity contribution in [3.05, 3.63) is 104 Å². The van der Waals surface area contributed by atoms with Crippen LogP contribution in [0.5, 0.6) is 11.5 Å². The number of para-hydroxylation sites is 1. The lowest BCUT2D eigenvalue weighted by Crippen LogP contribution is -2.99. The van der Waals surface area contributed by atoms with Crippen LogP contribution in [-0.4, -0.2) is 12.3 Å². The van der Waals surface area contributed by atoms with Gasteiger partial charge in [0.2, 0.25) is 0 Å². The van der Waals surface area contributed by atoms with Crippen LogP contribution in [0.15, 0.2) is 85.2 Å². The van der Waals surface area contributed by atoms with Gasteiger partial charge in [0, 0.05) is 40.1 Å². The van der Waals surface area contributed by atoms with Crippen molar-refractivity contribution in [3.63, 3.8) is 0 Å². The van der Waals surface area contributed by atoms with E-state index in [2.05, 4.69) is 0 Å². The molecule has 2 N–H and O–H groups in total. The first-order valence-electron chi connectivity index (χ1n) is 11.0. The van der Waals surface area contributed by atoms with Gasteiger partial charge >= 0.3 is 11.3 Å². The first-order valence-corrected chi connectivity index (χ1v) is 11.0. The van der Waals surface area contributed by atoms with E-state index in [-0.39, 0.29) is 17.9 Å². The van der Waals surface area contributed by atoms with Gasteiger partial charge in [0.05, 0.1) is 12.7 Å². The molecule has 9 heteroatoms. The SMILES string of the molecule is COc1cccc2cc(-c3cc(=O)oc4c(C)c(OCc5ccc([NH+]([O-])O)cc5)ccc34)c(=O)oc12. The second-order valence-electron chi connectivity index (χ2n) is 8.16. The molecule has 0 radical (unpaired) electrons. The topological polar surface area (TPSA) is 127 Å². The average molecular weight is 487 g/mol. The molecule has 2 aromatic heterocycles. The van der Waals surface area contributed by atoms with Crippen molar-refractivity contribution < 1.29 is 28.7 Å². The second-order valence-corrected chi connectivity index (χ2v) is 8.16. The summed E-state index contributed by atoms with van der Waals surface area (Å²) in [7, 11) is 1.49. The molecule has 182 valence electrons. The highest BCUT2D eigenvalue weighted by Crippen LogP contribution is 2.34. The minimum Gasteiger partial charge on any atom is -0.595 e. The van der Waals surface area contributed by atoms with Crippen molar-refractivity contribution in [2.24, 2.45) is 0 Å². The summed E-state index contributed by atoms with van der Waals surface area (Å²) in [4.78, 5) is 25.4. The minimum absolute atomic E-state index is 0.187. The molecule has 1 unspecified atom stereocenters. The molecule has 2 heterocycles. The molecule has 5 rings (SSSR count). The van der Waals surface area contributed by atoms with Gasteiger partial charge in [-0.05, 0) is 48.9 Å². The Morgan fingerprint density at radius 3 is 2.42 bits per heavy atom.